The molecule has 1 aromatic carbocycles. The summed E-state index contributed by atoms with van der Waals surface area (Å²) < 4.78 is 5.38. The van der Waals surface area contributed by atoms with Crippen LogP contribution in [0.1, 0.15) is 21.9 Å². The molecule has 0 atom stereocenters. The fourth-order valence-corrected chi connectivity index (χ4v) is 2.55. The molecule has 0 fully saturated rings. The van der Waals surface area contributed by atoms with Crippen LogP contribution in [0, 0.1) is 6.92 Å². The predicted octanol–water partition coefficient (Wildman–Crippen LogP) is 2.07. The van der Waals surface area contributed by atoms with Gasteiger partial charge in [-0.25, -0.2) is 5.84 Å². The van der Waals surface area contributed by atoms with Crippen molar-refractivity contribution in [1.82, 2.24) is 5.43 Å². The van der Waals surface area contributed by atoms with E-state index in [9.17, 15) is 4.79 Å². The topological polar surface area (TPSA) is 94.3 Å². The van der Waals surface area contributed by atoms with E-state index in [4.69, 9.17) is 16.0 Å². The van der Waals surface area contributed by atoms with Gasteiger partial charge in [0.15, 0.2) is 5.76 Å². The molecule has 0 aliphatic rings. The first-order valence-corrected chi connectivity index (χ1v) is 6.68. The first-order chi connectivity index (χ1) is 9.11. The number of nitrogens with two attached hydrogens (primary N) is 2. The fraction of sp³-hybridized carbons (Fsp3) is 0.154. The van der Waals surface area contributed by atoms with E-state index in [-0.39, 0.29) is 5.76 Å². The standard InChI is InChI=1S/C13H15N3O2S/c1-8-10(14)3-2-4-12(8)19-7-9-5-6-11(18-9)13(17)16-15/h2-6H,7,14-15H2,1H3,(H,16,17). The van der Waals surface area contributed by atoms with Crippen LogP contribution in [-0.2, 0) is 5.75 Å². The number of carbonyl (C=O) groups excluding carboxylic acids is 1. The van der Waals surface area contributed by atoms with Gasteiger partial charge in [-0.2, -0.15) is 0 Å². The highest BCUT2D eigenvalue weighted by atomic mass is 32.2. The van der Waals surface area contributed by atoms with Crippen molar-refractivity contribution in [1.29, 1.82) is 0 Å². The van der Waals surface area contributed by atoms with Gasteiger partial charge in [0.05, 0.1) is 5.75 Å². The highest BCUT2D eigenvalue weighted by molar-refractivity contribution is 7.98. The van der Waals surface area contributed by atoms with Crippen molar-refractivity contribution < 1.29 is 9.21 Å². The zero-order valence-corrected chi connectivity index (χ0v) is 11.3. The number of anilines is 1. The van der Waals surface area contributed by atoms with Crippen molar-refractivity contribution in [2.45, 2.75) is 17.6 Å². The zero-order chi connectivity index (χ0) is 13.8. The molecular weight excluding hydrogens is 262 g/mol. The maximum absolute atomic E-state index is 11.2. The highest BCUT2D eigenvalue weighted by Gasteiger charge is 2.10. The van der Waals surface area contributed by atoms with Crippen LogP contribution in [0.5, 0.6) is 0 Å². The lowest BCUT2D eigenvalue weighted by molar-refractivity contribution is 0.0924. The van der Waals surface area contributed by atoms with E-state index in [2.05, 4.69) is 0 Å². The molecule has 0 spiro atoms. The Morgan fingerprint density at radius 3 is 2.89 bits per heavy atom. The van der Waals surface area contributed by atoms with Crippen molar-refractivity contribution in [3.05, 3.63) is 47.4 Å². The average molecular weight is 277 g/mol. The molecule has 1 aromatic heterocycles. The Morgan fingerprint density at radius 2 is 2.16 bits per heavy atom. The van der Waals surface area contributed by atoms with Gasteiger partial charge in [0.2, 0.25) is 0 Å². The number of thioether (sulfide) groups is 1. The Kier molecular flexibility index (Phi) is 4.13. The van der Waals surface area contributed by atoms with E-state index in [1.54, 1.807) is 23.9 Å². The number of amides is 1. The van der Waals surface area contributed by atoms with Crippen LogP contribution in [-0.4, -0.2) is 5.91 Å². The number of carbonyl (C=O) groups is 1. The van der Waals surface area contributed by atoms with Crippen LogP contribution in [0.2, 0.25) is 0 Å². The summed E-state index contributed by atoms with van der Waals surface area (Å²) in [6.07, 6.45) is 0. The third kappa shape index (κ3) is 3.10. The maximum Gasteiger partial charge on any atom is 0.300 e. The minimum Gasteiger partial charge on any atom is -0.455 e. The van der Waals surface area contributed by atoms with E-state index in [0.717, 1.165) is 16.1 Å². The van der Waals surface area contributed by atoms with Gasteiger partial charge in [-0.15, -0.1) is 11.8 Å². The summed E-state index contributed by atoms with van der Waals surface area (Å²) in [5.41, 5.74) is 9.70. The predicted molar refractivity (Wildman–Crippen MR) is 75.5 cm³/mol. The van der Waals surface area contributed by atoms with Crippen molar-refractivity contribution in [2.24, 2.45) is 5.84 Å². The van der Waals surface area contributed by atoms with Crippen molar-refractivity contribution in [2.75, 3.05) is 5.73 Å². The normalized spacial score (nSPS) is 10.4. The molecule has 1 amide bonds. The minimum absolute atomic E-state index is 0.211. The second kappa shape index (κ2) is 5.81. The number of hydrogen-bond acceptors (Lipinski definition) is 5. The number of furan rings is 1. The summed E-state index contributed by atoms with van der Waals surface area (Å²) in [4.78, 5) is 12.3. The summed E-state index contributed by atoms with van der Waals surface area (Å²) in [5.74, 6) is 6.15. The molecule has 6 heteroatoms. The summed E-state index contributed by atoms with van der Waals surface area (Å²) in [6, 6.07) is 9.16. The summed E-state index contributed by atoms with van der Waals surface area (Å²) in [6.45, 7) is 1.98. The molecule has 19 heavy (non-hydrogen) atoms. The third-order valence-electron chi connectivity index (χ3n) is 2.71. The number of rotatable bonds is 4. The van der Waals surface area contributed by atoms with E-state index >= 15 is 0 Å². The third-order valence-corrected chi connectivity index (χ3v) is 3.89. The Bertz CT molecular complexity index is 595. The molecule has 0 aliphatic heterocycles. The lowest BCUT2D eigenvalue weighted by Gasteiger charge is -2.06. The van der Waals surface area contributed by atoms with Gasteiger partial charge in [0.25, 0.3) is 0 Å². The van der Waals surface area contributed by atoms with Gasteiger partial charge in [-0.05, 0) is 36.8 Å². The fourth-order valence-electron chi connectivity index (χ4n) is 1.59. The van der Waals surface area contributed by atoms with E-state index in [0.29, 0.717) is 11.5 Å². The molecule has 0 saturated heterocycles. The average Bonchev–Trinajstić information content (AvgIpc) is 2.88. The van der Waals surface area contributed by atoms with Gasteiger partial charge in [0, 0.05) is 10.6 Å². The molecule has 5 N–H and O–H groups in total. The summed E-state index contributed by atoms with van der Waals surface area (Å²) >= 11 is 1.61. The molecule has 2 rings (SSSR count). The lowest BCUT2D eigenvalue weighted by Crippen LogP contribution is -2.29. The van der Waals surface area contributed by atoms with Crippen molar-refractivity contribution in [3.63, 3.8) is 0 Å². The molecule has 2 aromatic rings. The molecule has 0 unspecified atom stereocenters. The van der Waals surface area contributed by atoms with Crippen molar-refractivity contribution in [3.8, 4) is 0 Å². The van der Waals surface area contributed by atoms with E-state index < -0.39 is 5.91 Å². The molecule has 0 saturated carbocycles. The van der Waals surface area contributed by atoms with E-state index in [1.807, 2.05) is 30.5 Å². The van der Waals surface area contributed by atoms with Crippen molar-refractivity contribution >= 4 is 23.4 Å². The Morgan fingerprint density at radius 1 is 1.37 bits per heavy atom. The Labute approximate surface area is 115 Å². The van der Waals surface area contributed by atoms with Gasteiger partial charge in [-0.1, -0.05) is 6.07 Å². The molecule has 5 nitrogen and oxygen atoms in total. The molecule has 100 valence electrons. The number of benzene rings is 1. The van der Waals surface area contributed by atoms with Gasteiger partial charge in [-0.3, -0.25) is 10.2 Å². The second-order valence-electron chi connectivity index (χ2n) is 4.00. The molecule has 0 radical (unpaired) electrons. The van der Waals surface area contributed by atoms with Crippen LogP contribution in [0.25, 0.3) is 0 Å². The van der Waals surface area contributed by atoms with Gasteiger partial charge in [0.1, 0.15) is 5.76 Å². The quantitative estimate of drug-likeness (QED) is 0.261. The number of nitrogens with one attached hydrogen (secondary N) is 1. The molecular formula is C13H15N3O2S. The highest BCUT2D eigenvalue weighted by Crippen LogP contribution is 2.29. The van der Waals surface area contributed by atoms with Crippen LogP contribution < -0.4 is 17.0 Å². The van der Waals surface area contributed by atoms with Crippen LogP contribution in [0.4, 0.5) is 5.69 Å². The van der Waals surface area contributed by atoms with Gasteiger partial charge < -0.3 is 10.2 Å². The Hall–Kier alpha value is -1.92. The van der Waals surface area contributed by atoms with Crippen LogP contribution in [0.3, 0.4) is 0 Å². The number of nitrogen functional groups attached to an aromatic ring is 2. The molecule has 1 heterocycles. The van der Waals surface area contributed by atoms with Crippen LogP contribution in [0.15, 0.2) is 39.6 Å². The van der Waals surface area contributed by atoms with Crippen LogP contribution >= 0.6 is 11.8 Å². The largest absolute Gasteiger partial charge is 0.455 e. The second-order valence-corrected chi connectivity index (χ2v) is 5.02. The SMILES string of the molecule is Cc1c(N)cccc1SCc1ccc(C(=O)NN)o1. The lowest BCUT2D eigenvalue weighted by atomic mass is 10.2. The van der Waals surface area contributed by atoms with Gasteiger partial charge >= 0.3 is 5.91 Å². The number of hydrogen-bond donors (Lipinski definition) is 3. The summed E-state index contributed by atoms with van der Waals surface area (Å²) in [7, 11) is 0. The molecule has 0 aliphatic carbocycles. The smallest absolute Gasteiger partial charge is 0.300 e. The minimum atomic E-state index is -0.434. The molecule has 0 bridgehead atoms. The first kappa shape index (κ1) is 13.5. The zero-order valence-electron chi connectivity index (χ0n) is 10.5. The van der Waals surface area contributed by atoms with E-state index in [1.165, 1.54) is 0 Å². The Balaban J connectivity index is 2.04. The monoisotopic (exact) mass is 277 g/mol. The first-order valence-electron chi connectivity index (χ1n) is 5.69. The number of hydrazine groups is 1. The summed E-state index contributed by atoms with van der Waals surface area (Å²) in [5, 5.41) is 0. The maximum atomic E-state index is 11.2.